The van der Waals surface area contributed by atoms with Crippen LogP contribution in [0.3, 0.4) is 0 Å². The first-order valence-corrected chi connectivity index (χ1v) is 4.13. The van der Waals surface area contributed by atoms with Crippen LogP contribution >= 0.6 is 11.3 Å². The fourth-order valence-corrected chi connectivity index (χ4v) is 1.60. The number of thiophene rings is 1. The molecule has 0 unspecified atom stereocenters. The fourth-order valence-electron chi connectivity index (χ4n) is 0.944. The molecule has 0 saturated heterocycles. The van der Waals surface area contributed by atoms with Crippen LogP contribution in [-0.4, -0.2) is 10.2 Å². The van der Waals surface area contributed by atoms with Crippen molar-refractivity contribution in [2.45, 2.75) is 0 Å². The topological polar surface area (TPSA) is 54.7 Å². The number of hydrogen-bond acceptors (Lipinski definition) is 3. The average Bonchev–Trinajstić information content (AvgIpc) is 2.55. The van der Waals surface area contributed by atoms with Crippen LogP contribution in [0.15, 0.2) is 23.0 Å². The van der Waals surface area contributed by atoms with Gasteiger partial charge in [0.05, 0.1) is 6.20 Å². The Kier molecular flexibility index (Phi) is 1.40. The molecule has 0 atom stereocenters. The Hall–Kier alpha value is -1.29. The van der Waals surface area contributed by atoms with Crippen LogP contribution in [0.4, 0.5) is 5.82 Å². The van der Waals surface area contributed by atoms with E-state index in [1.54, 1.807) is 17.5 Å². The molecule has 56 valence electrons. The van der Waals surface area contributed by atoms with Gasteiger partial charge >= 0.3 is 0 Å². The average molecular weight is 165 g/mol. The fraction of sp³-hybridized carbons (Fsp3) is 0. The van der Waals surface area contributed by atoms with E-state index in [1.165, 1.54) is 0 Å². The van der Waals surface area contributed by atoms with Crippen molar-refractivity contribution in [3.63, 3.8) is 0 Å². The van der Waals surface area contributed by atoms with Gasteiger partial charge in [-0.3, -0.25) is 5.10 Å². The number of nitrogens with one attached hydrogen (secondary N) is 1. The maximum absolute atomic E-state index is 5.62. The van der Waals surface area contributed by atoms with Gasteiger partial charge in [0.25, 0.3) is 0 Å². The van der Waals surface area contributed by atoms with Crippen LogP contribution < -0.4 is 5.73 Å². The Bertz CT molecular complexity index is 336. The van der Waals surface area contributed by atoms with Gasteiger partial charge in [0, 0.05) is 5.56 Å². The molecule has 4 heteroatoms. The molecule has 0 aliphatic rings. The molecule has 0 spiro atoms. The van der Waals surface area contributed by atoms with E-state index in [4.69, 9.17) is 5.73 Å². The third-order valence-corrected chi connectivity index (χ3v) is 2.18. The van der Waals surface area contributed by atoms with Crippen LogP contribution in [0.1, 0.15) is 0 Å². The maximum Gasteiger partial charge on any atom is 0.126 e. The molecule has 2 aromatic heterocycles. The number of nitrogens with zero attached hydrogens (tertiary/aromatic N) is 1. The van der Waals surface area contributed by atoms with Crippen LogP contribution in [-0.2, 0) is 0 Å². The van der Waals surface area contributed by atoms with Crippen LogP contribution in [0.5, 0.6) is 0 Å². The Balaban J connectivity index is 2.53. The third kappa shape index (κ3) is 1.01. The highest BCUT2D eigenvalue weighted by Gasteiger charge is 2.02. The lowest BCUT2D eigenvalue weighted by Gasteiger charge is -1.90. The van der Waals surface area contributed by atoms with Gasteiger partial charge in [0.1, 0.15) is 5.82 Å². The standard InChI is InChI=1S/C7H7N3S/c8-7-6(3-9-10-7)5-1-2-11-4-5/h1-4H,(H3,8,9,10). The van der Waals surface area contributed by atoms with Crippen LogP contribution in [0.25, 0.3) is 11.1 Å². The SMILES string of the molecule is Nc1[nH]ncc1-c1ccsc1. The lowest BCUT2D eigenvalue weighted by Crippen LogP contribution is -1.85. The monoisotopic (exact) mass is 165 g/mol. The Morgan fingerprint density at radius 1 is 1.55 bits per heavy atom. The summed E-state index contributed by atoms with van der Waals surface area (Å²) in [5, 5.41) is 10.6. The second-order valence-electron chi connectivity index (χ2n) is 2.21. The molecule has 3 nitrogen and oxygen atoms in total. The predicted molar refractivity (Wildman–Crippen MR) is 46.3 cm³/mol. The van der Waals surface area contributed by atoms with Crippen molar-refractivity contribution in [2.24, 2.45) is 0 Å². The number of aromatic nitrogens is 2. The molecule has 0 amide bonds. The van der Waals surface area contributed by atoms with Crippen molar-refractivity contribution in [3.05, 3.63) is 23.0 Å². The van der Waals surface area contributed by atoms with E-state index in [0.29, 0.717) is 5.82 Å². The quantitative estimate of drug-likeness (QED) is 0.676. The second kappa shape index (κ2) is 2.39. The molecular formula is C7H7N3S. The molecule has 0 radical (unpaired) electrons. The molecule has 2 rings (SSSR count). The number of rotatable bonds is 1. The van der Waals surface area contributed by atoms with Crippen molar-refractivity contribution >= 4 is 17.2 Å². The molecule has 0 aliphatic heterocycles. The van der Waals surface area contributed by atoms with Gasteiger partial charge in [-0.15, -0.1) is 0 Å². The third-order valence-electron chi connectivity index (χ3n) is 1.50. The van der Waals surface area contributed by atoms with Crippen LogP contribution in [0.2, 0.25) is 0 Å². The van der Waals surface area contributed by atoms with E-state index >= 15 is 0 Å². The highest BCUT2D eigenvalue weighted by atomic mass is 32.1. The molecule has 0 fully saturated rings. The van der Waals surface area contributed by atoms with E-state index in [1.807, 2.05) is 16.8 Å². The van der Waals surface area contributed by atoms with Gasteiger partial charge in [-0.05, 0) is 22.4 Å². The zero-order chi connectivity index (χ0) is 7.68. The van der Waals surface area contributed by atoms with Crippen molar-refractivity contribution in [1.29, 1.82) is 0 Å². The van der Waals surface area contributed by atoms with Crippen molar-refractivity contribution in [1.82, 2.24) is 10.2 Å². The van der Waals surface area contributed by atoms with Crippen molar-refractivity contribution < 1.29 is 0 Å². The summed E-state index contributed by atoms with van der Waals surface area (Å²) in [7, 11) is 0. The van der Waals surface area contributed by atoms with Gasteiger partial charge in [-0.2, -0.15) is 16.4 Å². The van der Waals surface area contributed by atoms with Crippen LogP contribution in [0, 0.1) is 0 Å². The number of H-pyrrole nitrogens is 1. The summed E-state index contributed by atoms with van der Waals surface area (Å²) in [6.45, 7) is 0. The van der Waals surface area contributed by atoms with Gasteiger partial charge < -0.3 is 5.73 Å². The minimum Gasteiger partial charge on any atom is -0.384 e. The highest BCUT2D eigenvalue weighted by molar-refractivity contribution is 7.08. The van der Waals surface area contributed by atoms with Gasteiger partial charge in [-0.25, -0.2) is 0 Å². The Morgan fingerprint density at radius 2 is 2.45 bits per heavy atom. The number of anilines is 1. The number of aromatic amines is 1. The number of hydrogen-bond donors (Lipinski definition) is 2. The summed E-state index contributed by atoms with van der Waals surface area (Å²) in [6.07, 6.45) is 1.73. The minimum atomic E-state index is 0.628. The summed E-state index contributed by atoms with van der Waals surface area (Å²) in [5.74, 6) is 0.628. The lowest BCUT2D eigenvalue weighted by molar-refractivity contribution is 1.10. The number of nitrogen functional groups attached to an aromatic ring is 1. The second-order valence-corrected chi connectivity index (χ2v) is 2.99. The van der Waals surface area contributed by atoms with E-state index in [9.17, 15) is 0 Å². The Morgan fingerprint density at radius 3 is 3.00 bits per heavy atom. The molecule has 3 N–H and O–H groups in total. The first-order valence-electron chi connectivity index (χ1n) is 3.19. The molecule has 11 heavy (non-hydrogen) atoms. The molecule has 0 aromatic carbocycles. The summed E-state index contributed by atoms with van der Waals surface area (Å²) < 4.78 is 0. The summed E-state index contributed by atoms with van der Waals surface area (Å²) in [6, 6.07) is 2.02. The first-order chi connectivity index (χ1) is 5.38. The Labute approximate surface area is 67.9 Å². The molecule has 2 heterocycles. The number of nitrogens with two attached hydrogens (primary N) is 1. The zero-order valence-corrected chi connectivity index (χ0v) is 6.56. The maximum atomic E-state index is 5.62. The first kappa shape index (κ1) is 6.42. The van der Waals surface area contributed by atoms with E-state index in [0.717, 1.165) is 11.1 Å². The van der Waals surface area contributed by atoms with E-state index in [-0.39, 0.29) is 0 Å². The summed E-state index contributed by atoms with van der Waals surface area (Å²) in [5.41, 5.74) is 7.72. The molecule has 0 bridgehead atoms. The molecule has 0 saturated carbocycles. The normalized spacial score (nSPS) is 10.2. The van der Waals surface area contributed by atoms with Crippen molar-refractivity contribution in [2.75, 3.05) is 5.73 Å². The van der Waals surface area contributed by atoms with E-state index in [2.05, 4.69) is 10.2 Å². The van der Waals surface area contributed by atoms with Gasteiger partial charge in [0.2, 0.25) is 0 Å². The van der Waals surface area contributed by atoms with Gasteiger partial charge in [-0.1, -0.05) is 0 Å². The highest BCUT2D eigenvalue weighted by Crippen LogP contribution is 2.25. The minimum absolute atomic E-state index is 0.628. The lowest BCUT2D eigenvalue weighted by atomic mass is 10.2. The molecule has 2 aromatic rings. The summed E-state index contributed by atoms with van der Waals surface area (Å²) in [4.78, 5) is 0. The molecular weight excluding hydrogens is 158 g/mol. The zero-order valence-electron chi connectivity index (χ0n) is 5.74. The van der Waals surface area contributed by atoms with E-state index < -0.39 is 0 Å². The smallest absolute Gasteiger partial charge is 0.126 e. The van der Waals surface area contributed by atoms with Crippen molar-refractivity contribution in [3.8, 4) is 11.1 Å². The molecule has 0 aliphatic carbocycles. The predicted octanol–water partition coefficient (Wildman–Crippen LogP) is 1.72. The largest absolute Gasteiger partial charge is 0.384 e. The van der Waals surface area contributed by atoms with Gasteiger partial charge in [0.15, 0.2) is 0 Å². The summed E-state index contributed by atoms with van der Waals surface area (Å²) >= 11 is 1.65.